The third-order valence-corrected chi connectivity index (χ3v) is 2.70. The molecule has 0 aliphatic heterocycles. The van der Waals surface area contributed by atoms with E-state index in [9.17, 15) is 10.1 Å². The third kappa shape index (κ3) is 5.88. The van der Waals surface area contributed by atoms with Crippen LogP contribution in [0.1, 0.15) is 18.5 Å². The normalized spacial score (nSPS) is 10.6. The molecule has 0 fully saturated rings. The lowest BCUT2D eigenvalue weighted by Gasteiger charge is -2.08. The molecular weight excluding hydrogens is 278 g/mol. The predicted molar refractivity (Wildman–Crippen MR) is 78.3 cm³/mol. The minimum absolute atomic E-state index is 0.0171. The Bertz CT molecular complexity index is 469. The van der Waals surface area contributed by atoms with Crippen molar-refractivity contribution in [3.05, 3.63) is 15.8 Å². The first kappa shape index (κ1) is 17.1. The molecule has 0 spiro atoms. The zero-order valence-corrected chi connectivity index (χ0v) is 12.3. The van der Waals surface area contributed by atoms with Crippen molar-refractivity contribution < 1.29 is 14.4 Å². The minimum Gasteiger partial charge on any atom is -0.382 e. The van der Waals surface area contributed by atoms with Gasteiger partial charge < -0.3 is 20.5 Å². The summed E-state index contributed by atoms with van der Waals surface area (Å²) < 4.78 is 10.2. The van der Waals surface area contributed by atoms with Gasteiger partial charge in [-0.3, -0.25) is 10.1 Å². The second kappa shape index (κ2) is 9.03. The minimum atomic E-state index is -0.509. The Morgan fingerprint density at radius 2 is 2.05 bits per heavy atom. The molecule has 0 unspecified atom stereocenters. The van der Waals surface area contributed by atoms with Crippen molar-refractivity contribution in [2.75, 3.05) is 44.5 Å². The lowest BCUT2D eigenvalue weighted by molar-refractivity contribution is -0.385. The first-order valence-electron chi connectivity index (χ1n) is 6.65. The average molecular weight is 299 g/mol. The van der Waals surface area contributed by atoms with E-state index in [0.717, 1.165) is 12.8 Å². The number of ether oxygens (including phenoxy) is 2. The van der Waals surface area contributed by atoms with Crippen molar-refractivity contribution in [3.63, 3.8) is 0 Å². The number of nitro groups is 1. The highest BCUT2D eigenvalue weighted by Crippen LogP contribution is 2.25. The summed E-state index contributed by atoms with van der Waals surface area (Å²) in [4.78, 5) is 18.2. The van der Waals surface area contributed by atoms with Gasteiger partial charge in [0.15, 0.2) is 0 Å². The van der Waals surface area contributed by atoms with E-state index in [1.54, 1.807) is 7.11 Å². The van der Waals surface area contributed by atoms with E-state index in [4.69, 9.17) is 15.2 Å². The Morgan fingerprint density at radius 1 is 1.29 bits per heavy atom. The van der Waals surface area contributed by atoms with Crippen molar-refractivity contribution in [2.45, 2.75) is 19.8 Å². The van der Waals surface area contributed by atoms with Crippen LogP contribution >= 0.6 is 0 Å². The number of rotatable bonds is 10. The molecule has 9 heteroatoms. The van der Waals surface area contributed by atoms with Crippen LogP contribution in [0.5, 0.6) is 0 Å². The van der Waals surface area contributed by atoms with Crippen LogP contribution in [0.4, 0.5) is 17.5 Å². The van der Waals surface area contributed by atoms with Gasteiger partial charge in [-0.05, 0) is 19.8 Å². The highest BCUT2D eigenvalue weighted by atomic mass is 16.6. The highest BCUT2D eigenvalue weighted by Gasteiger charge is 2.20. The zero-order chi connectivity index (χ0) is 15.7. The Labute approximate surface area is 123 Å². The van der Waals surface area contributed by atoms with Gasteiger partial charge in [0.1, 0.15) is 5.69 Å². The fraction of sp³-hybridized carbons (Fsp3) is 0.667. The summed E-state index contributed by atoms with van der Waals surface area (Å²) in [5, 5.41) is 13.9. The Kier molecular flexibility index (Phi) is 7.33. The van der Waals surface area contributed by atoms with Gasteiger partial charge in [-0.2, -0.15) is 4.98 Å². The van der Waals surface area contributed by atoms with Gasteiger partial charge in [0, 0.05) is 20.3 Å². The van der Waals surface area contributed by atoms with E-state index in [1.807, 2.05) is 0 Å². The van der Waals surface area contributed by atoms with Crippen LogP contribution in [0.3, 0.4) is 0 Å². The molecule has 1 aromatic heterocycles. The highest BCUT2D eigenvalue weighted by molar-refractivity contribution is 5.60. The smallest absolute Gasteiger partial charge is 0.332 e. The van der Waals surface area contributed by atoms with E-state index in [1.165, 1.54) is 6.92 Å². The molecule has 21 heavy (non-hydrogen) atoms. The molecule has 9 nitrogen and oxygen atoms in total. The molecule has 0 bridgehead atoms. The number of hydrogen-bond acceptors (Lipinski definition) is 8. The topological polar surface area (TPSA) is 125 Å². The third-order valence-electron chi connectivity index (χ3n) is 2.70. The molecule has 0 atom stereocenters. The second-order valence-corrected chi connectivity index (χ2v) is 4.36. The molecule has 0 saturated heterocycles. The monoisotopic (exact) mass is 299 g/mol. The first-order chi connectivity index (χ1) is 10.1. The number of nitrogens with one attached hydrogen (secondary N) is 1. The maximum absolute atomic E-state index is 11.0. The number of unbranched alkanes of at least 4 members (excludes halogenated alkanes) is 1. The second-order valence-electron chi connectivity index (χ2n) is 4.36. The molecule has 0 aliphatic carbocycles. The van der Waals surface area contributed by atoms with Crippen molar-refractivity contribution in [3.8, 4) is 0 Å². The fourth-order valence-corrected chi connectivity index (χ4v) is 1.71. The van der Waals surface area contributed by atoms with Crippen LogP contribution in [-0.4, -0.2) is 48.4 Å². The van der Waals surface area contributed by atoms with Gasteiger partial charge in [0.25, 0.3) is 0 Å². The summed E-state index contributed by atoms with van der Waals surface area (Å²) in [6, 6.07) is 0. The van der Waals surface area contributed by atoms with Crippen LogP contribution in [0, 0.1) is 17.0 Å². The van der Waals surface area contributed by atoms with E-state index < -0.39 is 4.92 Å². The lowest BCUT2D eigenvalue weighted by atomic mass is 10.3. The van der Waals surface area contributed by atoms with Crippen LogP contribution < -0.4 is 11.1 Å². The molecule has 0 aromatic carbocycles. The van der Waals surface area contributed by atoms with Crippen LogP contribution in [-0.2, 0) is 9.47 Å². The van der Waals surface area contributed by atoms with E-state index in [-0.39, 0.29) is 23.1 Å². The van der Waals surface area contributed by atoms with Crippen molar-refractivity contribution in [1.82, 2.24) is 9.97 Å². The van der Waals surface area contributed by atoms with Gasteiger partial charge in [0.05, 0.1) is 18.1 Å². The fourth-order valence-electron chi connectivity index (χ4n) is 1.71. The molecule has 0 amide bonds. The number of nitrogen functional groups attached to an aromatic ring is 1. The molecule has 0 saturated carbocycles. The summed E-state index contributed by atoms with van der Waals surface area (Å²) in [5.41, 5.74) is 5.62. The van der Waals surface area contributed by atoms with Crippen LogP contribution in [0.2, 0.25) is 0 Å². The molecule has 0 aliphatic rings. The average Bonchev–Trinajstić information content (AvgIpc) is 2.40. The number of aryl methyl sites for hydroxylation is 1. The van der Waals surface area contributed by atoms with Crippen molar-refractivity contribution in [2.24, 2.45) is 0 Å². The first-order valence-corrected chi connectivity index (χ1v) is 6.65. The molecule has 1 heterocycles. The summed E-state index contributed by atoms with van der Waals surface area (Å²) in [6.45, 7) is 3.84. The number of nitrogens with two attached hydrogens (primary N) is 1. The lowest BCUT2D eigenvalue weighted by Crippen LogP contribution is -2.11. The van der Waals surface area contributed by atoms with Crippen LogP contribution in [0.25, 0.3) is 0 Å². The number of anilines is 2. The number of hydrogen-bond donors (Lipinski definition) is 2. The van der Waals surface area contributed by atoms with Gasteiger partial charge >= 0.3 is 5.69 Å². The number of aromatic nitrogens is 2. The molecule has 0 radical (unpaired) electrons. The standard InChI is InChI=1S/C12H21N5O4/c1-9-10(17(18)19)11(16-12(13)15-9)14-5-3-4-6-21-8-7-20-2/h3-8H2,1-2H3,(H3,13,14,15,16). The summed E-state index contributed by atoms with van der Waals surface area (Å²) in [5.74, 6) is 0.175. The number of nitrogens with zero attached hydrogens (tertiary/aromatic N) is 3. The van der Waals surface area contributed by atoms with E-state index >= 15 is 0 Å². The molecule has 3 N–H and O–H groups in total. The quantitative estimate of drug-likeness (QED) is 0.374. The summed E-state index contributed by atoms with van der Waals surface area (Å²) in [6.07, 6.45) is 1.64. The maximum Gasteiger partial charge on any atom is 0.332 e. The van der Waals surface area contributed by atoms with Crippen LogP contribution in [0.15, 0.2) is 0 Å². The maximum atomic E-state index is 11.0. The zero-order valence-electron chi connectivity index (χ0n) is 12.3. The van der Waals surface area contributed by atoms with Gasteiger partial charge in [0.2, 0.25) is 11.8 Å². The Balaban J connectivity index is 2.40. The predicted octanol–water partition coefficient (Wildman–Crippen LogP) is 1.13. The SMILES string of the molecule is COCCOCCCCNc1nc(N)nc(C)c1[N+](=O)[O-]. The Hall–Kier alpha value is -2.00. The van der Waals surface area contributed by atoms with Gasteiger partial charge in [-0.25, -0.2) is 4.98 Å². The number of methoxy groups -OCH3 is 1. The van der Waals surface area contributed by atoms with Crippen molar-refractivity contribution in [1.29, 1.82) is 0 Å². The molecule has 1 rings (SSSR count). The Morgan fingerprint density at radius 3 is 2.71 bits per heavy atom. The van der Waals surface area contributed by atoms with Crippen molar-refractivity contribution >= 4 is 17.5 Å². The summed E-state index contributed by atoms with van der Waals surface area (Å²) >= 11 is 0. The van der Waals surface area contributed by atoms with E-state index in [2.05, 4.69) is 15.3 Å². The van der Waals surface area contributed by atoms with Gasteiger partial charge in [-0.15, -0.1) is 0 Å². The van der Waals surface area contributed by atoms with E-state index in [0.29, 0.717) is 26.4 Å². The largest absolute Gasteiger partial charge is 0.382 e. The molecule has 118 valence electrons. The summed E-state index contributed by atoms with van der Waals surface area (Å²) in [7, 11) is 1.62. The molecular formula is C12H21N5O4. The van der Waals surface area contributed by atoms with Gasteiger partial charge in [-0.1, -0.05) is 0 Å². The molecule has 1 aromatic rings.